The number of halogens is 3. The number of aromatic amines is 1. The topological polar surface area (TPSA) is 94.1 Å². The number of carbonyl (C=O) groups excluding carboxylic acids is 1. The van der Waals surface area contributed by atoms with Crippen LogP contribution in [0.2, 0.25) is 0 Å². The summed E-state index contributed by atoms with van der Waals surface area (Å²) >= 11 is 0. The smallest absolute Gasteiger partial charge is 0.432 e. The zero-order valence-corrected chi connectivity index (χ0v) is 16.3. The van der Waals surface area contributed by atoms with E-state index in [1.54, 1.807) is 16.0 Å². The molecule has 0 aliphatic rings. The van der Waals surface area contributed by atoms with Crippen LogP contribution < -0.4 is 14.8 Å². The highest BCUT2D eigenvalue weighted by atomic mass is 19.4. The van der Waals surface area contributed by atoms with E-state index in [-0.39, 0.29) is 5.69 Å². The summed E-state index contributed by atoms with van der Waals surface area (Å²) in [5.41, 5.74) is -0.246. The lowest BCUT2D eigenvalue weighted by atomic mass is 10.2. The Morgan fingerprint density at radius 1 is 1.17 bits per heavy atom. The van der Waals surface area contributed by atoms with Crippen molar-refractivity contribution in [2.45, 2.75) is 26.6 Å². The predicted molar refractivity (Wildman–Crippen MR) is 102 cm³/mol. The highest BCUT2D eigenvalue weighted by Crippen LogP contribution is 2.29. The summed E-state index contributed by atoms with van der Waals surface area (Å²) in [5, 5.41) is 11.8. The lowest BCUT2D eigenvalue weighted by molar-refractivity contribution is -0.141. The van der Waals surface area contributed by atoms with Crippen LogP contribution >= 0.6 is 0 Å². The third-order valence-electron chi connectivity index (χ3n) is 3.96. The lowest BCUT2D eigenvalue weighted by Crippen LogP contribution is -2.12. The van der Waals surface area contributed by atoms with Crippen LogP contribution in [-0.2, 0) is 12.7 Å². The number of alkyl halides is 3. The zero-order valence-electron chi connectivity index (χ0n) is 16.3. The first kappa shape index (κ1) is 21.2. The van der Waals surface area contributed by atoms with E-state index in [0.29, 0.717) is 43.0 Å². The highest BCUT2D eigenvalue weighted by Gasteiger charge is 2.33. The van der Waals surface area contributed by atoms with Gasteiger partial charge in [-0.2, -0.15) is 23.4 Å². The monoisotopic (exact) mass is 423 g/mol. The molecule has 0 unspecified atom stereocenters. The number of rotatable bonds is 8. The van der Waals surface area contributed by atoms with Crippen LogP contribution in [-0.4, -0.2) is 39.1 Å². The van der Waals surface area contributed by atoms with Crippen LogP contribution in [0.5, 0.6) is 11.5 Å². The maximum absolute atomic E-state index is 12.6. The molecule has 0 atom stereocenters. The highest BCUT2D eigenvalue weighted by molar-refractivity contribution is 6.02. The molecule has 3 rings (SSSR count). The molecule has 0 saturated carbocycles. The molecule has 160 valence electrons. The summed E-state index contributed by atoms with van der Waals surface area (Å²) in [4.78, 5) is 12.1. The van der Waals surface area contributed by atoms with Gasteiger partial charge in [0.05, 0.1) is 31.6 Å². The van der Waals surface area contributed by atoms with Gasteiger partial charge in [-0.15, -0.1) is 0 Å². The van der Waals surface area contributed by atoms with Crippen molar-refractivity contribution in [3.05, 3.63) is 53.6 Å². The number of hydrogen-bond acceptors (Lipinski definition) is 5. The van der Waals surface area contributed by atoms with Gasteiger partial charge in [-0.1, -0.05) is 6.07 Å². The normalized spacial score (nSPS) is 11.4. The molecular formula is C19H20F3N5O3. The van der Waals surface area contributed by atoms with Crippen LogP contribution in [0.15, 0.2) is 36.7 Å². The number of nitrogens with zero attached hydrogens (tertiary/aromatic N) is 3. The molecular weight excluding hydrogens is 403 g/mol. The number of hydrogen-bond donors (Lipinski definition) is 2. The minimum absolute atomic E-state index is 0.326. The average Bonchev–Trinajstić information content (AvgIpc) is 3.34. The maximum atomic E-state index is 12.6. The zero-order chi connectivity index (χ0) is 21.7. The average molecular weight is 423 g/mol. The Bertz CT molecular complexity index is 1010. The second kappa shape index (κ2) is 8.89. The molecule has 1 aromatic carbocycles. The molecule has 30 heavy (non-hydrogen) atoms. The van der Waals surface area contributed by atoms with Crippen molar-refractivity contribution >= 4 is 11.6 Å². The first-order chi connectivity index (χ1) is 14.3. The van der Waals surface area contributed by atoms with Gasteiger partial charge < -0.3 is 14.8 Å². The van der Waals surface area contributed by atoms with E-state index < -0.39 is 17.8 Å². The van der Waals surface area contributed by atoms with Crippen molar-refractivity contribution < 1.29 is 27.4 Å². The maximum Gasteiger partial charge on any atom is 0.432 e. The first-order valence-electron chi connectivity index (χ1n) is 9.15. The molecule has 11 heteroatoms. The lowest BCUT2D eigenvalue weighted by Gasteiger charge is -2.12. The van der Waals surface area contributed by atoms with Crippen molar-refractivity contribution in [1.29, 1.82) is 0 Å². The number of H-pyrrole nitrogens is 1. The molecule has 0 aliphatic heterocycles. The Kier molecular flexibility index (Phi) is 6.28. The molecule has 2 aromatic heterocycles. The third kappa shape index (κ3) is 5.10. The fraction of sp³-hybridized carbons (Fsp3) is 0.316. The number of aromatic nitrogens is 4. The van der Waals surface area contributed by atoms with Crippen molar-refractivity contribution in [3.8, 4) is 11.5 Å². The Morgan fingerprint density at radius 2 is 1.90 bits per heavy atom. The summed E-state index contributed by atoms with van der Waals surface area (Å²) in [7, 11) is 0. The summed E-state index contributed by atoms with van der Waals surface area (Å²) in [6.07, 6.45) is -1.65. The van der Waals surface area contributed by atoms with Crippen molar-refractivity contribution in [3.63, 3.8) is 0 Å². The molecule has 0 fully saturated rings. The number of ether oxygens (including phenoxy) is 2. The van der Waals surface area contributed by atoms with Gasteiger partial charge in [-0.05, 0) is 31.5 Å². The second-order valence-corrected chi connectivity index (χ2v) is 6.19. The molecule has 2 heterocycles. The molecule has 2 N–H and O–H groups in total. The first-order valence-corrected chi connectivity index (χ1v) is 9.15. The summed E-state index contributed by atoms with van der Waals surface area (Å²) in [6.45, 7) is 5.16. The fourth-order valence-electron chi connectivity index (χ4n) is 2.67. The van der Waals surface area contributed by atoms with Gasteiger partial charge in [0.25, 0.3) is 5.91 Å². The van der Waals surface area contributed by atoms with E-state index in [4.69, 9.17) is 9.47 Å². The van der Waals surface area contributed by atoms with Crippen LogP contribution in [0.1, 0.15) is 35.6 Å². The number of anilines is 1. The van der Waals surface area contributed by atoms with E-state index >= 15 is 0 Å². The minimum atomic E-state index is -4.60. The molecule has 3 aromatic rings. The standard InChI is InChI=1S/C19H20F3N5O3/c1-3-29-15-6-5-12(7-16(15)30-4-2)10-27-11-13(9-23-27)24-18(28)14-8-17(26-25-14)19(20,21)22/h5-9,11H,3-4,10H2,1-2H3,(H,24,28)(H,25,26). The van der Waals surface area contributed by atoms with E-state index in [1.165, 1.54) is 6.20 Å². The van der Waals surface area contributed by atoms with Crippen molar-refractivity contribution in [1.82, 2.24) is 20.0 Å². The van der Waals surface area contributed by atoms with Gasteiger partial charge in [0.1, 0.15) is 5.69 Å². The van der Waals surface area contributed by atoms with Crippen LogP contribution in [0.25, 0.3) is 0 Å². The number of amides is 1. The molecule has 0 radical (unpaired) electrons. The van der Waals surface area contributed by atoms with Gasteiger partial charge >= 0.3 is 6.18 Å². The second-order valence-electron chi connectivity index (χ2n) is 6.19. The van der Waals surface area contributed by atoms with Crippen molar-refractivity contribution in [2.24, 2.45) is 0 Å². The number of nitrogens with one attached hydrogen (secondary N) is 2. The molecule has 0 bridgehead atoms. The van der Waals surface area contributed by atoms with Gasteiger partial charge in [0.2, 0.25) is 0 Å². The number of benzene rings is 1. The van der Waals surface area contributed by atoms with Gasteiger partial charge in [-0.25, -0.2) is 0 Å². The predicted octanol–water partition coefficient (Wildman–Crippen LogP) is 3.72. The molecule has 0 spiro atoms. The van der Waals surface area contributed by atoms with E-state index in [9.17, 15) is 18.0 Å². The minimum Gasteiger partial charge on any atom is -0.490 e. The van der Waals surface area contributed by atoms with E-state index in [1.807, 2.05) is 32.0 Å². The van der Waals surface area contributed by atoms with Crippen LogP contribution in [0.3, 0.4) is 0 Å². The Labute approximate surface area is 170 Å². The summed E-state index contributed by atoms with van der Waals surface area (Å²) in [5.74, 6) is 0.492. The van der Waals surface area contributed by atoms with E-state index in [2.05, 4.69) is 15.5 Å². The van der Waals surface area contributed by atoms with Gasteiger partial charge in [0, 0.05) is 12.3 Å². The quantitative estimate of drug-likeness (QED) is 0.576. The third-order valence-corrected chi connectivity index (χ3v) is 3.96. The van der Waals surface area contributed by atoms with E-state index in [0.717, 1.165) is 5.56 Å². The van der Waals surface area contributed by atoms with Gasteiger partial charge in [0.15, 0.2) is 17.2 Å². The molecule has 0 saturated heterocycles. The Balaban J connectivity index is 1.67. The van der Waals surface area contributed by atoms with Crippen LogP contribution in [0.4, 0.5) is 18.9 Å². The molecule has 1 amide bonds. The molecule has 8 nitrogen and oxygen atoms in total. The van der Waals surface area contributed by atoms with Crippen molar-refractivity contribution in [2.75, 3.05) is 18.5 Å². The summed E-state index contributed by atoms with van der Waals surface area (Å²) < 4.78 is 50.5. The van der Waals surface area contributed by atoms with Crippen LogP contribution in [0, 0.1) is 0 Å². The molecule has 0 aliphatic carbocycles. The van der Waals surface area contributed by atoms with Gasteiger partial charge in [-0.3, -0.25) is 14.6 Å². The Hall–Kier alpha value is -3.50. The largest absolute Gasteiger partial charge is 0.490 e. The number of carbonyl (C=O) groups is 1. The summed E-state index contributed by atoms with van der Waals surface area (Å²) in [6, 6.07) is 6.17. The fourth-order valence-corrected chi connectivity index (χ4v) is 2.67. The Morgan fingerprint density at radius 3 is 2.57 bits per heavy atom. The SMILES string of the molecule is CCOc1ccc(Cn2cc(NC(=O)c3cc(C(F)(F)F)[nH]n3)cn2)cc1OCC.